The van der Waals surface area contributed by atoms with E-state index < -0.39 is 0 Å². The van der Waals surface area contributed by atoms with Crippen molar-refractivity contribution in [2.24, 2.45) is 11.7 Å². The maximum atomic E-state index is 11.5. The summed E-state index contributed by atoms with van der Waals surface area (Å²) in [6.07, 6.45) is 7.83. The second-order valence-electron chi connectivity index (χ2n) is 5.68. The van der Waals surface area contributed by atoms with Gasteiger partial charge in [-0.3, -0.25) is 0 Å². The van der Waals surface area contributed by atoms with Gasteiger partial charge in [0.25, 0.3) is 0 Å². The fraction of sp³-hybridized carbons (Fsp3) is 0.929. The fourth-order valence-electron chi connectivity index (χ4n) is 2.54. The van der Waals surface area contributed by atoms with Crippen LogP contribution < -0.4 is 16.4 Å². The highest BCUT2D eigenvalue weighted by atomic mass is 16.2. The first-order chi connectivity index (χ1) is 8.59. The van der Waals surface area contributed by atoms with Crippen molar-refractivity contribution in [2.45, 2.75) is 64.3 Å². The number of nitrogens with one attached hydrogen (secondary N) is 2. The molecule has 4 heteroatoms. The highest BCUT2D eigenvalue weighted by Gasteiger charge is 2.31. The molecule has 0 aromatic rings. The van der Waals surface area contributed by atoms with Crippen molar-refractivity contribution in [1.82, 2.24) is 10.6 Å². The molecule has 1 saturated carbocycles. The third kappa shape index (κ3) is 5.25. The molecule has 18 heavy (non-hydrogen) atoms. The van der Waals surface area contributed by atoms with Gasteiger partial charge in [0.05, 0.1) is 0 Å². The van der Waals surface area contributed by atoms with E-state index in [9.17, 15) is 4.79 Å². The summed E-state index contributed by atoms with van der Waals surface area (Å²) in [4.78, 5) is 11.5. The quantitative estimate of drug-likeness (QED) is 0.638. The molecule has 0 heterocycles. The molecule has 0 saturated heterocycles. The summed E-state index contributed by atoms with van der Waals surface area (Å²) in [6.45, 7) is 5.70. The lowest BCUT2D eigenvalue weighted by molar-refractivity contribution is 0.212. The van der Waals surface area contributed by atoms with Gasteiger partial charge in [0, 0.05) is 18.6 Å². The molecule has 0 spiro atoms. The van der Waals surface area contributed by atoms with Crippen LogP contribution in [0.25, 0.3) is 0 Å². The van der Waals surface area contributed by atoms with E-state index in [1.807, 2.05) is 0 Å². The van der Waals surface area contributed by atoms with Crippen molar-refractivity contribution >= 4 is 6.03 Å². The summed E-state index contributed by atoms with van der Waals surface area (Å²) < 4.78 is 0. The molecule has 1 aliphatic carbocycles. The van der Waals surface area contributed by atoms with Crippen molar-refractivity contribution in [3.63, 3.8) is 0 Å². The lowest BCUT2D eigenvalue weighted by Gasteiger charge is -2.37. The van der Waals surface area contributed by atoms with Gasteiger partial charge in [-0.15, -0.1) is 0 Å². The Labute approximate surface area is 111 Å². The summed E-state index contributed by atoms with van der Waals surface area (Å²) in [5.41, 5.74) is 6.15. The monoisotopic (exact) mass is 255 g/mol. The van der Waals surface area contributed by atoms with E-state index in [1.165, 1.54) is 19.3 Å². The van der Waals surface area contributed by atoms with Gasteiger partial charge in [0.15, 0.2) is 0 Å². The molecule has 4 nitrogen and oxygen atoms in total. The zero-order valence-corrected chi connectivity index (χ0v) is 11.9. The SMILES string of the molecule is CCCCNC(=O)NCC1(N)CCC(CC)CC1. The molecule has 0 atom stereocenters. The molecule has 1 fully saturated rings. The molecule has 1 rings (SSSR count). The van der Waals surface area contributed by atoms with E-state index in [0.717, 1.165) is 38.1 Å². The molecular formula is C14H29N3O. The van der Waals surface area contributed by atoms with Crippen LogP contribution in [0, 0.1) is 5.92 Å². The summed E-state index contributed by atoms with van der Waals surface area (Å²) in [5.74, 6) is 0.833. The number of carbonyl (C=O) groups is 1. The van der Waals surface area contributed by atoms with Crippen molar-refractivity contribution in [1.29, 1.82) is 0 Å². The minimum atomic E-state index is -0.187. The smallest absolute Gasteiger partial charge is 0.314 e. The number of urea groups is 1. The molecule has 0 aromatic heterocycles. The second kappa shape index (κ2) is 7.62. The van der Waals surface area contributed by atoms with Crippen molar-refractivity contribution in [2.75, 3.05) is 13.1 Å². The van der Waals surface area contributed by atoms with Gasteiger partial charge in [-0.2, -0.15) is 0 Å². The Bertz CT molecular complexity index is 247. The number of rotatable bonds is 6. The van der Waals surface area contributed by atoms with Crippen LogP contribution in [0.5, 0.6) is 0 Å². The van der Waals surface area contributed by atoms with Crippen LogP contribution in [0.1, 0.15) is 58.8 Å². The van der Waals surface area contributed by atoms with E-state index in [1.54, 1.807) is 0 Å². The molecule has 0 radical (unpaired) electrons. The first-order valence-corrected chi connectivity index (χ1v) is 7.40. The maximum Gasteiger partial charge on any atom is 0.314 e. The second-order valence-corrected chi connectivity index (χ2v) is 5.68. The highest BCUT2D eigenvalue weighted by Crippen LogP contribution is 2.31. The predicted molar refractivity (Wildman–Crippen MR) is 75.5 cm³/mol. The summed E-state index contributed by atoms with van der Waals surface area (Å²) in [5, 5.41) is 5.76. The van der Waals surface area contributed by atoms with E-state index in [2.05, 4.69) is 24.5 Å². The predicted octanol–water partition coefficient (Wildman–Crippen LogP) is 2.38. The molecule has 1 aliphatic rings. The largest absolute Gasteiger partial charge is 0.338 e. The Morgan fingerprint density at radius 1 is 1.28 bits per heavy atom. The van der Waals surface area contributed by atoms with E-state index in [4.69, 9.17) is 5.73 Å². The van der Waals surface area contributed by atoms with Crippen molar-refractivity contribution in [3.8, 4) is 0 Å². The molecule has 4 N–H and O–H groups in total. The Morgan fingerprint density at radius 3 is 2.50 bits per heavy atom. The average molecular weight is 255 g/mol. The van der Waals surface area contributed by atoms with Gasteiger partial charge in [-0.05, 0) is 38.0 Å². The average Bonchev–Trinajstić information content (AvgIpc) is 2.38. The van der Waals surface area contributed by atoms with Crippen LogP contribution in [0.3, 0.4) is 0 Å². The molecule has 0 unspecified atom stereocenters. The zero-order chi connectivity index (χ0) is 13.4. The number of unbranched alkanes of at least 4 members (excludes halogenated alkanes) is 1. The highest BCUT2D eigenvalue weighted by molar-refractivity contribution is 5.73. The number of nitrogens with two attached hydrogens (primary N) is 1. The topological polar surface area (TPSA) is 67.2 Å². The van der Waals surface area contributed by atoms with E-state index in [0.29, 0.717) is 6.54 Å². The van der Waals surface area contributed by atoms with Crippen molar-refractivity contribution < 1.29 is 4.79 Å². The number of hydrogen-bond acceptors (Lipinski definition) is 2. The number of hydrogen-bond donors (Lipinski definition) is 3. The molecule has 106 valence electrons. The minimum absolute atomic E-state index is 0.0779. The summed E-state index contributed by atoms with van der Waals surface area (Å²) in [6, 6.07) is -0.0779. The van der Waals surface area contributed by atoms with Crippen LogP contribution >= 0.6 is 0 Å². The van der Waals surface area contributed by atoms with Gasteiger partial charge >= 0.3 is 6.03 Å². The fourth-order valence-corrected chi connectivity index (χ4v) is 2.54. The third-order valence-corrected chi connectivity index (χ3v) is 4.10. The zero-order valence-electron chi connectivity index (χ0n) is 11.9. The lowest BCUT2D eigenvalue weighted by atomic mass is 9.76. The van der Waals surface area contributed by atoms with Gasteiger partial charge in [-0.1, -0.05) is 26.7 Å². The molecule has 2 amide bonds. The Morgan fingerprint density at radius 2 is 1.94 bits per heavy atom. The van der Waals surface area contributed by atoms with Crippen LogP contribution in [0.4, 0.5) is 4.79 Å². The summed E-state index contributed by atoms with van der Waals surface area (Å²) >= 11 is 0. The first kappa shape index (κ1) is 15.3. The molecule has 0 aliphatic heterocycles. The standard InChI is InChI=1S/C14H29N3O/c1-3-5-10-16-13(18)17-11-14(15)8-6-12(4-2)7-9-14/h12H,3-11,15H2,1-2H3,(H2,16,17,18). The van der Waals surface area contributed by atoms with Crippen LogP contribution in [-0.4, -0.2) is 24.7 Å². The molecule has 0 bridgehead atoms. The Kier molecular flexibility index (Phi) is 6.47. The van der Waals surface area contributed by atoms with Crippen molar-refractivity contribution in [3.05, 3.63) is 0 Å². The maximum absolute atomic E-state index is 11.5. The number of amides is 2. The van der Waals surface area contributed by atoms with Gasteiger partial charge in [0.1, 0.15) is 0 Å². The molecule has 0 aromatic carbocycles. The third-order valence-electron chi connectivity index (χ3n) is 4.10. The van der Waals surface area contributed by atoms with Crippen LogP contribution in [0.15, 0.2) is 0 Å². The van der Waals surface area contributed by atoms with Crippen LogP contribution in [-0.2, 0) is 0 Å². The van der Waals surface area contributed by atoms with E-state index >= 15 is 0 Å². The van der Waals surface area contributed by atoms with Crippen LogP contribution in [0.2, 0.25) is 0 Å². The van der Waals surface area contributed by atoms with Gasteiger partial charge in [0.2, 0.25) is 0 Å². The van der Waals surface area contributed by atoms with E-state index in [-0.39, 0.29) is 11.6 Å². The Balaban J connectivity index is 2.19. The molecular weight excluding hydrogens is 226 g/mol. The Hall–Kier alpha value is -0.770. The van der Waals surface area contributed by atoms with Gasteiger partial charge in [-0.25, -0.2) is 4.79 Å². The first-order valence-electron chi connectivity index (χ1n) is 7.40. The lowest BCUT2D eigenvalue weighted by Crippen LogP contribution is -2.53. The number of carbonyl (C=O) groups excluding carboxylic acids is 1. The minimum Gasteiger partial charge on any atom is -0.338 e. The summed E-state index contributed by atoms with van der Waals surface area (Å²) in [7, 11) is 0. The van der Waals surface area contributed by atoms with Gasteiger partial charge < -0.3 is 16.4 Å². The normalized spacial score (nSPS) is 27.8.